The molecule has 0 unspecified atom stereocenters. The number of amides is 2. The van der Waals surface area contributed by atoms with Gasteiger partial charge in [0.1, 0.15) is 5.75 Å². The number of rotatable bonds is 6. The van der Waals surface area contributed by atoms with Crippen LogP contribution < -0.4 is 9.50 Å². The Morgan fingerprint density at radius 1 is 1.22 bits per heavy atom. The van der Waals surface area contributed by atoms with E-state index in [1.807, 2.05) is 19.9 Å². The number of urea groups is 1. The molecule has 2 aromatic rings. The Morgan fingerprint density at radius 2 is 1.89 bits per heavy atom. The number of carbonyl (C=O) groups excluding carboxylic acids is 1. The van der Waals surface area contributed by atoms with Gasteiger partial charge in [-0.3, -0.25) is 0 Å². The van der Waals surface area contributed by atoms with Crippen LogP contribution >= 0.6 is 0 Å². The van der Waals surface area contributed by atoms with Gasteiger partial charge < -0.3 is 14.4 Å². The Hall–Kier alpha value is -3.05. The number of anilines is 1. The van der Waals surface area contributed by atoms with Gasteiger partial charge in [0.15, 0.2) is 0 Å². The number of nitriles is 1. The minimum Gasteiger partial charge on any atom is -0.383 e. The third-order valence-corrected chi connectivity index (χ3v) is 4.14. The molecule has 0 radical (unpaired) electrons. The Balaban J connectivity index is 2.13. The smallest absolute Gasteiger partial charge is 0.322 e. The number of hydrogen-bond acceptors (Lipinski definition) is 5. The largest absolute Gasteiger partial charge is 0.383 e. The number of nitrogens with zero attached hydrogens (tertiary/aromatic N) is 2. The molecule has 0 aliphatic rings. The van der Waals surface area contributed by atoms with Crippen LogP contribution in [0.3, 0.4) is 0 Å². The quantitative estimate of drug-likeness (QED) is 0.766. The summed E-state index contributed by atoms with van der Waals surface area (Å²) in [5, 5.41) is 11.6. The van der Waals surface area contributed by atoms with E-state index in [4.69, 9.17) is 9.44 Å². The van der Waals surface area contributed by atoms with Gasteiger partial charge in [0.05, 0.1) is 17.9 Å². The highest BCUT2D eigenvalue weighted by molar-refractivity contribution is 7.86. The van der Waals surface area contributed by atoms with E-state index in [-0.39, 0.29) is 24.4 Å². The maximum atomic E-state index is 12.6. The molecule has 0 atom stereocenters. The lowest BCUT2D eigenvalue weighted by molar-refractivity contribution is 0.193. The minimum atomic E-state index is -3.62. The van der Waals surface area contributed by atoms with E-state index in [0.717, 1.165) is 11.8 Å². The fourth-order valence-corrected chi connectivity index (χ4v) is 2.83. The highest BCUT2D eigenvalue weighted by atomic mass is 32.2. The molecular formula is C19H21N3O4S. The second-order valence-corrected chi connectivity index (χ2v) is 7.85. The number of benzene rings is 2. The molecule has 0 fully saturated rings. The third kappa shape index (κ3) is 6.31. The molecule has 2 rings (SSSR count). The number of carbonyl (C=O) groups is 1. The molecule has 1 N–H and O–H groups in total. The predicted octanol–water partition coefficient (Wildman–Crippen LogP) is 3.34. The van der Waals surface area contributed by atoms with Gasteiger partial charge in [-0.15, -0.1) is 0 Å². The highest BCUT2D eigenvalue weighted by Gasteiger charge is 2.18. The fraction of sp³-hybridized carbons (Fsp3) is 0.263. The van der Waals surface area contributed by atoms with Gasteiger partial charge >= 0.3 is 16.1 Å². The molecule has 7 nitrogen and oxygen atoms in total. The lowest BCUT2D eigenvalue weighted by Gasteiger charge is -2.27. The lowest BCUT2D eigenvalue weighted by atomic mass is 10.2. The molecule has 0 bridgehead atoms. The zero-order valence-corrected chi connectivity index (χ0v) is 16.2. The van der Waals surface area contributed by atoms with E-state index in [0.29, 0.717) is 11.3 Å². The first-order chi connectivity index (χ1) is 12.7. The van der Waals surface area contributed by atoms with Crippen molar-refractivity contribution < 1.29 is 17.4 Å². The van der Waals surface area contributed by atoms with Crippen molar-refractivity contribution in [2.45, 2.75) is 26.4 Å². The van der Waals surface area contributed by atoms with E-state index < -0.39 is 10.1 Å². The number of hydrogen-bond donors (Lipinski definition) is 1. The van der Waals surface area contributed by atoms with Gasteiger partial charge in [-0.2, -0.15) is 13.7 Å². The van der Waals surface area contributed by atoms with E-state index in [9.17, 15) is 13.2 Å². The summed E-state index contributed by atoms with van der Waals surface area (Å²) >= 11 is 0. The average molecular weight is 387 g/mol. The van der Waals surface area contributed by atoms with Gasteiger partial charge in [-0.25, -0.2) is 4.79 Å². The van der Waals surface area contributed by atoms with E-state index >= 15 is 0 Å². The molecule has 142 valence electrons. The van der Waals surface area contributed by atoms with Gasteiger partial charge in [-0.1, -0.05) is 12.1 Å². The summed E-state index contributed by atoms with van der Waals surface area (Å²) in [5.74, 6) is 0.200. The van der Waals surface area contributed by atoms with Crippen molar-refractivity contribution in [3.05, 3.63) is 59.7 Å². The Labute approximate surface area is 159 Å². The zero-order valence-electron chi connectivity index (χ0n) is 15.3. The monoisotopic (exact) mass is 387 g/mol. The maximum absolute atomic E-state index is 12.6. The van der Waals surface area contributed by atoms with E-state index in [2.05, 4.69) is 5.32 Å². The molecule has 0 aliphatic carbocycles. The van der Waals surface area contributed by atoms with E-state index in [1.54, 1.807) is 53.4 Å². The molecule has 2 amide bonds. The molecular weight excluding hydrogens is 366 g/mol. The van der Waals surface area contributed by atoms with Crippen LogP contribution in [0.5, 0.6) is 5.75 Å². The highest BCUT2D eigenvalue weighted by Crippen LogP contribution is 2.18. The van der Waals surface area contributed by atoms with Gasteiger partial charge in [0, 0.05) is 18.3 Å². The maximum Gasteiger partial charge on any atom is 0.322 e. The van der Waals surface area contributed by atoms with Crippen molar-refractivity contribution in [3.8, 4) is 11.8 Å². The SMILES string of the molecule is CC(C)N(Cc1cccc(OS(C)(=O)=O)c1)C(=O)Nc1ccc(C#N)cc1. The molecule has 0 spiro atoms. The van der Waals surface area contributed by atoms with Gasteiger partial charge in [-0.05, 0) is 55.8 Å². The van der Waals surface area contributed by atoms with Crippen molar-refractivity contribution in [2.75, 3.05) is 11.6 Å². The normalized spacial score (nSPS) is 10.9. The Morgan fingerprint density at radius 3 is 2.44 bits per heavy atom. The van der Waals surface area contributed by atoms with Crippen molar-refractivity contribution in [2.24, 2.45) is 0 Å². The molecule has 27 heavy (non-hydrogen) atoms. The number of nitrogens with one attached hydrogen (secondary N) is 1. The first kappa shape index (κ1) is 20.3. The predicted molar refractivity (Wildman–Crippen MR) is 103 cm³/mol. The first-order valence-electron chi connectivity index (χ1n) is 8.24. The van der Waals surface area contributed by atoms with Crippen LogP contribution in [0.25, 0.3) is 0 Å². The second kappa shape index (κ2) is 8.56. The minimum absolute atomic E-state index is 0.0946. The van der Waals surface area contributed by atoms with E-state index in [1.165, 1.54) is 0 Å². The molecule has 0 heterocycles. The van der Waals surface area contributed by atoms with Crippen LogP contribution in [0.4, 0.5) is 10.5 Å². The molecule has 8 heteroatoms. The summed E-state index contributed by atoms with van der Waals surface area (Å²) in [6, 6.07) is 14.8. The van der Waals surface area contributed by atoms with Gasteiger partial charge in [0.2, 0.25) is 0 Å². The average Bonchev–Trinajstić information content (AvgIpc) is 2.59. The van der Waals surface area contributed by atoms with Crippen LogP contribution in [0.1, 0.15) is 25.0 Å². The van der Waals surface area contributed by atoms with Crippen LogP contribution in [-0.2, 0) is 16.7 Å². The summed E-state index contributed by atoms with van der Waals surface area (Å²) in [6.07, 6.45) is 0.977. The molecule has 0 saturated heterocycles. The Kier molecular flexibility index (Phi) is 6.42. The topological polar surface area (TPSA) is 99.5 Å². The molecule has 0 aliphatic heterocycles. The summed E-state index contributed by atoms with van der Waals surface area (Å²) < 4.78 is 27.5. The van der Waals surface area contributed by atoms with Crippen molar-refractivity contribution in [3.63, 3.8) is 0 Å². The van der Waals surface area contributed by atoms with Crippen molar-refractivity contribution in [1.29, 1.82) is 5.26 Å². The van der Waals surface area contributed by atoms with Crippen molar-refractivity contribution in [1.82, 2.24) is 4.90 Å². The zero-order chi connectivity index (χ0) is 20.0. The lowest BCUT2D eigenvalue weighted by Crippen LogP contribution is -2.39. The summed E-state index contributed by atoms with van der Waals surface area (Å²) in [7, 11) is -3.62. The van der Waals surface area contributed by atoms with Gasteiger partial charge in [0.25, 0.3) is 0 Å². The second-order valence-electron chi connectivity index (χ2n) is 6.28. The first-order valence-corrected chi connectivity index (χ1v) is 10.1. The fourth-order valence-electron chi connectivity index (χ4n) is 2.38. The molecule has 0 saturated carbocycles. The Bertz CT molecular complexity index is 948. The van der Waals surface area contributed by atoms with Crippen molar-refractivity contribution >= 4 is 21.8 Å². The molecule has 2 aromatic carbocycles. The van der Waals surface area contributed by atoms with Crippen LogP contribution in [-0.4, -0.2) is 31.6 Å². The standard InChI is InChI=1S/C19H21N3O4S/c1-14(2)22(19(23)21-17-9-7-15(12-20)8-10-17)13-16-5-4-6-18(11-16)26-27(3,24)25/h4-11,14H,13H2,1-3H3,(H,21,23). The van der Waals surface area contributed by atoms with Crippen LogP contribution in [0, 0.1) is 11.3 Å². The molecule has 0 aromatic heterocycles. The summed E-state index contributed by atoms with van der Waals surface area (Å²) in [5.41, 5.74) is 1.83. The van der Waals surface area contributed by atoms with Crippen LogP contribution in [0.2, 0.25) is 0 Å². The summed E-state index contributed by atoms with van der Waals surface area (Å²) in [4.78, 5) is 14.3. The van der Waals surface area contributed by atoms with Crippen LogP contribution in [0.15, 0.2) is 48.5 Å². The summed E-state index contributed by atoms with van der Waals surface area (Å²) in [6.45, 7) is 4.05. The third-order valence-electron chi connectivity index (χ3n) is 3.65.